The first-order valence-electron chi connectivity index (χ1n) is 7.37. The Labute approximate surface area is 123 Å². The Hall–Kier alpha value is -0.200. The van der Waals surface area contributed by atoms with Crippen LogP contribution in [0.4, 0.5) is 0 Å². The molecular formula is C15H32N2O3. The van der Waals surface area contributed by atoms with Gasteiger partial charge in [0, 0.05) is 32.2 Å². The zero-order chi connectivity index (χ0) is 15.6. The number of rotatable bonds is 7. The summed E-state index contributed by atoms with van der Waals surface area (Å²) in [5.41, 5.74) is -0.369. The fourth-order valence-corrected chi connectivity index (χ4v) is 3.59. The third-order valence-electron chi connectivity index (χ3n) is 4.27. The summed E-state index contributed by atoms with van der Waals surface area (Å²) < 4.78 is 11.2. The van der Waals surface area contributed by atoms with Crippen molar-refractivity contribution in [2.45, 2.75) is 51.0 Å². The van der Waals surface area contributed by atoms with Gasteiger partial charge in [0.05, 0.1) is 23.9 Å². The zero-order valence-electron chi connectivity index (χ0n) is 14.1. The highest BCUT2D eigenvalue weighted by Gasteiger charge is 2.53. The van der Waals surface area contributed by atoms with Gasteiger partial charge in [0.1, 0.15) is 0 Å². The molecule has 1 heterocycles. The van der Waals surface area contributed by atoms with E-state index in [-0.39, 0.29) is 11.2 Å². The van der Waals surface area contributed by atoms with Gasteiger partial charge < -0.3 is 24.8 Å². The molecule has 0 aromatic rings. The lowest BCUT2D eigenvalue weighted by Gasteiger charge is -2.33. The molecule has 2 N–H and O–H groups in total. The molecule has 5 heteroatoms. The lowest BCUT2D eigenvalue weighted by molar-refractivity contribution is -0.0797. The molecule has 0 radical (unpaired) electrons. The lowest BCUT2D eigenvalue weighted by atomic mass is 9.82. The van der Waals surface area contributed by atoms with Crippen LogP contribution in [0.2, 0.25) is 0 Å². The SMILES string of the molecule is CNC1C(CN(C)CC(O)COC)C(C)(C)OC1(C)C. The molecule has 1 fully saturated rings. The third-order valence-corrected chi connectivity index (χ3v) is 4.27. The van der Waals surface area contributed by atoms with E-state index in [0.29, 0.717) is 25.1 Å². The maximum Gasteiger partial charge on any atom is 0.0899 e. The quantitative estimate of drug-likeness (QED) is 0.723. The largest absolute Gasteiger partial charge is 0.389 e. The first-order chi connectivity index (χ1) is 9.14. The molecule has 3 atom stereocenters. The number of likely N-dealkylation sites (N-methyl/N-ethyl adjacent to an activating group) is 2. The minimum absolute atomic E-state index is 0.183. The molecule has 120 valence electrons. The van der Waals surface area contributed by atoms with Gasteiger partial charge in [-0.3, -0.25) is 0 Å². The summed E-state index contributed by atoms with van der Waals surface area (Å²) in [4.78, 5) is 2.16. The molecule has 0 spiro atoms. The molecule has 0 aliphatic carbocycles. The Morgan fingerprint density at radius 2 is 1.90 bits per heavy atom. The maximum atomic E-state index is 9.84. The van der Waals surface area contributed by atoms with Crippen molar-refractivity contribution in [2.75, 3.05) is 40.9 Å². The number of aliphatic hydroxyl groups excluding tert-OH is 1. The van der Waals surface area contributed by atoms with Crippen LogP contribution in [-0.4, -0.2) is 74.3 Å². The van der Waals surface area contributed by atoms with E-state index in [1.807, 2.05) is 14.1 Å². The molecule has 0 aromatic carbocycles. The van der Waals surface area contributed by atoms with Crippen molar-refractivity contribution < 1.29 is 14.6 Å². The third kappa shape index (κ3) is 4.15. The minimum atomic E-state index is -0.448. The maximum absolute atomic E-state index is 9.84. The summed E-state index contributed by atoms with van der Waals surface area (Å²) in [6.45, 7) is 10.4. The van der Waals surface area contributed by atoms with Crippen molar-refractivity contribution in [2.24, 2.45) is 5.92 Å². The van der Waals surface area contributed by atoms with Crippen LogP contribution in [0.15, 0.2) is 0 Å². The van der Waals surface area contributed by atoms with E-state index in [4.69, 9.17) is 9.47 Å². The average Bonchev–Trinajstić information content (AvgIpc) is 2.43. The van der Waals surface area contributed by atoms with E-state index in [1.54, 1.807) is 7.11 Å². The number of ether oxygens (including phenoxy) is 2. The Balaban J connectivity index is 2.68. The second kappa shape index (κ2) is 6.71. The van der Waals surface area contributed by atoms with E-state index < -0.39 is 6.10 Å². The number of aliphatic hydroxyl groups is 1. The van der Waals surface area contributed by atoms with Crippen molar-refractivity contribution in [1.29, 1.82) is 0 Å². The van der Waals surface area contributed by atoms with Crippen LogP contribution in [0.5, 0.6) is 0 Å². The Morgan fingerprint density at radius 3 is 2.40 bits per heavy atom. The lowest BCUT2D eigenvalue weighted by Crippen LogP contribution is -2.50. The van der Waals surface area contributed by atoms with Gasteiger partial charge in [-0.25, -0.2) is 0 Å². The predicted molar refractivity (Wildman–Crippen MR) is 81.0 cm³/mol. The topological polar surface area (TPSA) is 54.0 Å². The Kier molecular flexibility index (Phi) is 5.99. The van der Waals surface area contributed by atoms with Crippen LogP contribution >= 0.6 is 0 Å². The van der Waals surface area contributed by atoms with Crippen LogP contribution < -0.4 is 5.32 Å². The smallest absolute Gasteiger partial charge is 0.0899 e. The first-order valence-corrected chi connectivity index (χ1v) is 7.37. The van der Waals surface area contributed by atoms with E-state index in [1.165, 1.54) is 0 Å². The number of methoxy groups -OCH3 is 1. The normalized spacial score (nSPS) is 29.9. The molecule has 3 unspecified atom stereocenters. The van der Waals surface area contributed by atoms with Gasteiger partial charge in [-0.05, 0) is 41.8 Å². The first kappa shape index (κ1) is 17.9. The van der Waals surface area contributed by atoms with Gasteiger partial charge in [-0.1, -0.05) is 0 Å². The summed E-state index contributed by atoms with van der Waals surface area (Å²) in [6.07, 6.45) is -0.448. The summed E-state index contributed by atoms with van der Waals surface area (Å²) in [7, 11) is 5.63. The molecule has 0 amide bonds. The van der Waals surface area contributed by atoms with Crippen LogP contribution in [-0.2, 0) is 9.47 Å². The van der Waals surface area contributed by atoms with E-state index >= 15 is 0 Å². The van der Waals surface area contributed by atoms with E-state index in [9.17, 15) is 5.11 Å². The fourth-order valence-electron chi connectivity index (χ4n) is 3.59. The van der Waals surface area contributed by atoms with Crippen LogP contribution in [0.1, 0.15) is 27.7 Å². The predicted octanol–water partition coefficient (Wildman–Crippen LogP) is 0.717. The van der Waals surface area contributed by atoms with Crippen molar-refractivity contribution in [1.82, 2.24) is 10.2 Å². The summed E-state index contributed by atoms with van der Waals surface area (Å²) in [5, 5.41) is 13.2. The van der Waals surface area contributed by atoms with Crippen LogP contribution in [0, 0.1) is 5.92 Å². The molecular weight excluding hydrogens is 256 g/mol. The summed E-state index contributed by atoms with van der Waals surface area (Å²) in [6, 6.07) is 0.291. The number of nitrogens with zero attached hydrogens (tertiary/aromatic N) is 1. The van der Waals surface area contributed by atoms with Gasteiger partial charge in [-0.2, -0.15) is 0 Å². The second-order valence-electron chi connectivity index (χ2n) is 7.01. The zero-order valence-corrected chi connectivity index (χ0v) is 14.1. The van der Waals surface area contributed by atoms with Gasteiger partial charge >= 0.3 is 0 Å². The van der Waals surface area contributed by atoms with Gasteiger partial charge in [0.2, 0.25) is 0 Å². The Morgan fingerprint density at radius 1 is 1.30 bits per heavy atom. The highest BCUT2D eigenvalue weighted by Crippen LogP contribution is 2.42. The van der Waals surface area contributed by atoms with E-state index in [2.05, 4.69) is 37.9 Å². The van der Waals surface area contributed by atoms with Crippen molar-refractivity contribution in [3.63, 3.8) is 0 Å². The molecule has 1 saturated heterocycles. The molecule has 0 bridgehead atoms. The number of hydrogen-bond donors (Lipinski definition) is 2. The molecule has 0 aromatic heterocycles. The van der Waals surface area contributed by atoms with Gasteiger partial charge in [-0.15, -0.1) is 0 Å². The highest BCUT2D eigenvalue weighted by atomic mass is 16.5. The van der Waals surface area contributed by atoms with Crippen molar-refractivity contribution >= 4 is 0 Å². The molecule has 1 aliphatic heterocycles. The monoisotopic (exact) mass is 288 g/mol. The fraction of sp³-hybridized carbons (Fsp3) is 1.00. The second-order valence-corrected chi connectivity index (χ2v) is 7.01. The number of hydrogen-bond acceptors (Lipinski definition) is 5. The highest BCUT2D eigenvalue weighted by molar-refractivity contribution is 5.05. The number of nitrogens with one attached hydrogen (secondary N) is 1. The standard InChI is InChI=1S/C15H32N2O3/c1-14(2)12(13(16-5)15(3,4)20-14)9-17(6)8-11(18)10-19-7/h11-13,16,18H,8-10H2,1-7H3. The molecule has 5 nitrogen and oxygen atoms in total. The Bertz CT molecular complexity index is 307. The molecule has 20 heavy (non-hydrogen) atoms. The van der Waals surface area contributed by atoms with E-state index in [0.717, 1.165) is 6.54 Å². The molecule has 0 saturated carbocycles. The van der Waals surface area contributed by atoms with Crippen molar-refractivity contribution in [3.05, 3.63) is 0 Å². The molecule has 1 aliphatic rings. The molecule has 1 rings (SSSR count). The van der Waals surface area contributed by atoms with Crippen LogP contribution in [0.3, 0.4) is 0 Å². The minimum Gasteiger partial charge on any atom is -0.389 e. The van der Waals surface area contributed by atoms with Gasteiger partial charge in [0.25, 0.3) is 0 Å². The van der Waals surface area contributed by atoms with Gasteiger partial charge in [0.15, 0.2) is 0 Å². The average molecular weight is 288 g/mol. The summed E-state index contributed by atoms with van der Waals surface area (Å²) in [5.74, 6) is 0.363. The van der Waals surface area contributed by atoms with Crippen LogP contribution in [0.25, 0.3) is 0 Å². The summed E-state index contributed by atoms with van der Waals surface area (Å²) >= 11 is 0. The van der Waals surface area contributed by atoms with Crippen molar-refractivity contribution in [3.8, 4) is 0 Å².